The van der Waals surface area contributed by atoms with Crippen LogP contribution in [0.5, 0.6) is 0 Å². The first-order valence-electron chi connectivity index (χ1n) is 5.80. The van der Waals surface area contributed by atoms with E-state index in [4.69, 9.17) is 10.5 Å². The summed E-state index contributed by atoms with van der Waals surface area (Å²) in [4.78, 5) is 0. The largest absolute Gasteiger partial charge is 0.384 e. The highest BCUT2D eigenvalue weighted by atomic mass is 32.2. The third-order valence-electron chi connectivity index (χ3n) is 2.51. The Balaban J connectivity index is 2.57. The first-order chi connectivity index (χ1) is 8.57. The molecule has 1 atom stereocenters. The molecule has 0 aliphatic rings. The van der Waals surface area contributed by atoms with Crippen LogP contribution in [0, 0.1) is 0 Å². The van der Waals surface area contributed by atoms with Crippen molar-refractivity contribution in [3.05, 3.63) is 35.9 Å². The number of nitrogens with one attached hydrogen (secondary N) is 1. The Labute approximate surface area is 108 Å². The maximum Gasteiger partial charge on any atom is 0.214 e. The zero-order valence-electron chi connectivity index (χ0n) is 10.5. The van der Waals surface area contributed by atoms with Crippen LogP contribution in [0.25, 0.3) is 0 Å². The Morgan fingerprint density at radius 2 is 2.00 bits per heavy atom. The molecule has 0 aliphatic heterocycles. The van der Waals surface area contributed by atoms with Crippen molar-refractivity contribution >= 4 is 10.0 Å². The predicted octanol–water partition coefficient (Wildman–Crippen LogP) is 0.122. The smallest absolute Gasteiger partial charge is 0.214 e. The maximum atomic E-state index is 11.7. The number of benzene rings is 1. The van der Waals surface area contributed by atoms with E-state index in [9.17, 15) is 8.42 Å². The van der Waals surface area contributed by atoms with Gasteiger partial charge in [0.1, 0.15) is 0 Å². The van der Waals surface area contributed by atoms with Crippen LogP contribution in [0.4, 0.5) is 0 Å². The Morgan fingerprint density at radius 3 is 2.56 bits per heavy atom. The molecule has 18 heavy (non-hydrogen) atoms. The zero-order valence-corrected chi connectivity index (χ0v) is 11.3. The van der Waals surface area contributed by atoms with Crippen molar-refractivity contribution < 1.29 is 13.2 Å². The number of hydrogen-bond acceptors (Lipinski definition) is 4. The second-order valence-corrected chi connectivity index (χ2v) is 5.93. The Hall–Kier alpha value is -0.950. The molecule has 0 amide bonds. The molecular formula is C12H20N2O3S. The topological polar surface area (TPSA) is 81.4 Å². The minimum absolute atomic E-state index is 0.0468. The second-order valence-electron chi connectivity index (χ2n) is 4.05. The van der Waals surface area contributed by atoms with E-state index in [0.717, 1.165) is 5.56 Å². The average Bonchev–Trinajstić information content (AvgIpc) is 2.36. The van der Waals surface area contributed by atoms with Crippen LogP contribution in [0.3, 0.4) is 0 Å². The molecule has 0 radical (unpaired) electrons. The van der Waals surface area contributed by atoms with Gasteiger partial charge in [0, 0.05) is 19.7 Å². The number of methoxy groups -OCH3 is 1. The predicted molar refractivity (Wildman–Crippen MR) is 71.8 cm³/mol. The van der Waals surface area contributed by atoms with E-state index in [0.29, 0.717) is 6.42 Å². The number of sulfonamides is 1. The molecule has 0 aromatic heterocycles. The van der Waals surface area contributed by atoms with Gasteiger partial charge >= 0.3 is 0 Å². The normalized spacial score (nSPS) is 13.4. The number of rotatable bonds is 8. The van der Waals surface area contributed by atoms with E-state index < -0.39 is 10.0 Å². The highest BCUT2D eigenvalue weighted by molar-refractivity contribution is 7.89. The van der Waals surface area contributed by atoms with Crippen molar-refractivity contribution in [2.45, 2.75) is 12.5 Å². The molecule has 0 saturated heterocycles. The fraction of sp³-hybridized carbons (Fsp3) is 0.500. The van der Waals surface area contributed by atoms with Crippen molar-refractivity contribution in [1.29, 1.82) is 0 Å². The molecule has 0 saturated carbocycles. The van der Waals surface area contributed by atoms with Gasteiger partial charge in [0.05, 0.1) is 12.4 Å². The molecule has 0 fully saturated rings. The summed E-state index contributed by atoms with van der Waals surface area (Å²) >= 11 is 0. The van der Waals surface area contributed by atoms with Crippen LogP contribution in [0.2, 0.25) is 0 Å². The fourth-order valence-corrected chi connectivity index (χ4v) is 2.77. The molecule has 1 aromatic carbocycles. The summed E-state index contributed by atoms with van der Waals surface area (Å²) < 4.78 is 30.8. The Kier molecular flexibility index (Phi) is 6.28. The molecule has 102 valence electrons. The third kappa shape index (κ3) is 5.59. The van der Waals surface area contributed by atoms with E-state index in [-0.39, 0.29) is 24.9 Å². The van der Waals surface area contributed by atoms with Gasteiger partial charge in [0.15, 0.2) is 0 Å². The van der Waals surface area contributed by atoms with Gasteiger partial charge in [-0.1, -0.05) is 30.3 Å². The highest BCUT2D eigenvalue weighted by Gasteiger charge is 2.16. The Morgan fingerprint density at radius 1 is 1.33 bits per heavy atom. The van der Waals surface area contributed by atoms with Gasteiger partial charge in [-0.25, -0.2) is 13.1 Å². The standard InChI is InChI=1S/C12H20N2O3S/c1-17-7-8-18(15,16)14-12(10-13)9-11-5-3-2-4-6-11/h2-6,12,14H,7-10,13H2,1H3. The lowest BCUT2D eigenvalue weighted by Gasteiger charge is -2.16. The van der Waals surface area contributed by atoms with Crippen molar-refractivity contribution in [3.63, 3.8) is 0 Å². The van der Waals surface area contributed by atoms with Crippen LogP contribution >= 0.6 is 0 Å². The Bertz CT molecular complexity index is 434. The summed E-state index contributed by atoms with van der Waals surface area (Å²) in [5.41, 5.74) is 6.66. The van der Waals surface area contributed by atoms with E-state index >= 15 is 0 Å². The number of ether oxygens (including phenoxy) is 1. The van der Waals surface area contributed by atoms with Crippen LogP contribution in [0.15, 0.2) is 30.3 Å². The maximum absolute atomic E-state index is 11.7. The van der Waals surface area contributed by atoms with Gasteiger partial charge in [-0.2, -0.15) is 0 Å². The van der Waals surface area contributed by atoms with Crippen molar-refractivity contribution in [2.75, 3.05) is 26.0 Å². The highest BCUT2D eigenvalue weighted by Crippen LogP contribution is 2.03. The lowest BCUT2D eigenvalue weighted by molar-refractivity contribution is 0.216. The summed E-state index contributed by atoms with van der Waals surface area (Å²) in [5, 5.41) is 0. The molecule has 5 nitrogen and oxygen atoms in total. The van der Waals surface area contributed by atoms with E-state index in [1.807, 2.05) is 30.3 Å². The van der Waals surface area contributed by atoms with Gasteiger partial charge in [-0.3, -0.25) is 0 Å². The summed E-state index contributed by atoms with van der Waals surface area (Å²) in [6.45, 7) is 0.444. The minimum atomic E-state index is -3.33. The zero-order chi connectivity index (χ0) is 13.4. The summed E-state index contributed by atoms with van der Waals surface area (Å²) in [6.07, 6.45) is 0.587. The van der Waals surface area contributed by atoms with Gasteiger partial charge < -0.3 is 10.5 Å². The molecule has 3 N–H and O–H groups in total. The summed E-state index contributed by atoms with van der Waals surface area (Å²) in [5.74, 6) is -0.0468. The molecule has 0 aliphatic carbocycles. The van der Waals surface area contributed by atoms with Gasteiger partial charge in [-0.15, -0.1) is 0 Å². The first-order valence-corrected chi connectivity index (χ1v) is 7.45. The molecule has 0 bridgehead atoms. The van der Waals surface area contributed by atoms with Crippen molar-refractivity contribution in [1.82, 2.24) is 4.72 Å². The third-order valence-corrected chi connectivity index (χ3v) is 3.91. The van der Waals surface area contributed by atoms with Crippen LogP contribution in [0.1, 0.15) is 5.56 Å². The van der Waals surface area contributed by atoms with E-state index in [1.54, 1.807) is 0 Å². The average molecular weight is 272 g/mol. The molecular weight excluding hydrogens is 252 g/mol. The monoisotopic (exact) mass is 272 g/mol. The molecule has 0 spiro atoms. The molecule has 0 heterocycles. The van der Waals surface area contributed by atoms with Gasteiger partial charge in [0.25, 0.3) is 0 Å². The SMILES string of the molecule is COCCS(=O)(=O)NC(CN)Cc1ccccc1. The number of hydrogen-bond donors (Lipinski definition) is 2. The molecule has 1 rings (SSSR count). The molecule has 1 aromatic rings. The van der Waals surface area contributed by atoms with Crippen molar-refractivity contribution in [3.8, 4) is 0 Å². The molecule has 6 heteroatoms. The fourth-order valence-electron chi connectivity index (χ4n) is 1.58. The first kappa shape index (κ1) is 15.1. The summed E-state index contributed by atoms with van der Waals surface area (Å²) in [7, 11) is -1.86. The van der Waals surface area contributed by atoms with Crippen molar-refractivity contribution in [2.24, 2.45) is 5.73 Å². The second kappa shape index (κ2) is 7.48. The minimum Gasteiger partial charge on any atom is -0.384 e. The number of nitrogens with two attached hydrogens (primary N) is 1. The van der Waals surface area contributed by atoms with Crippen LogP contribution in [-0.2, 0) is 21.2 Å². The van der Waals surface area contributed by atoms with Crippen LogP contribution < -0.4 is 10.5 Å². The van der Waals surface area contributed by atoms with Gasteiger partial charge in [0.2, 0.25) is 10.0 Å². The quantitative estimate of drug-likeness (QED) is 0.704. The van der Waals surface area contributed by atoms with Crippen LogP contribution in [-0.4, -0.2) is 40.5 Å². The lowest BCUT2D eigenvalue weighted by atomic mass is 10.1. The molecule has 1 unspecified atom stereocenters. The van der Waals surface area contributed by atoms with Gasteiger partial charge in [-0.05, 0) is 12.0 Å². The summed E-state index contributed by atoms with van der Waals surface area (Å²) in [6, 6.07) is 9.38. The van der Waals surface area contributed by atoms with E-state index in [2.05, 4.69) is 4.72 Å². The van der Waals surface area contributed by atoms with E-state index in [1.165, 1.54) is 7.11 Å². The lowest BCUT2D eigenvalue weighted by Crippen LogP contribution is -2.43.